The molecule has 1 aromatic rings. The van der Waals surface area contributed by atoms with Crippen molar-refractivity contribution < 1.29 is 23.9 Å². The molecule has 3 heterocycles. The number of nitrogens with zero attached hydrogens (tertiary/aromatic N) is 2. The van der Waals surface area contributed by atoms with E-state index >= 15 is 0 Å². The smallest absolute Gasteiger partial charge is 0.325 e. The maximum atomic E-state index is 12.6. The Morgan fingerprint density at radius 3 is 2.77 bits per heavy atom. The van der Waals surface area contributed by atoms with E-state index in [2.05, 4.69) is 5.32 Å². The van der Waals surface area contributed by atoms with Crippen LogP contribution < -0.4 is 14.8 Å². The van der Waals surface area contributed by atoms with Crippen LogP contribution in [0.3, 0.4) is 0 Å². The van der Waals surface area contributed by atoms with Gasteiger partial charge in [-0.15, -0.1) is 0 Å². The van der Waals surface area contributed by atoms with E-state index in [0.29, 0.717) is 24.6 Å². The molecule has 26 heavy (non-hydrogen) atoms. The van der Waals surface area contributed by atoms with Crippen LogP contribution in [0.1, 0.15) is 12.0 Å². The molecule has 0 aliphatic carbocycles. The second-order valence-corrected chi connectivity index (χ2v) is 7.54. The Morgan fingerprint density at radius 1 is 1.19 bits per heavy atom. The molecule has 1 atom stereocenters. The number of fused-ring (bicyclic) bond motifs is 1. The number of carbonyl (C=O) groups is 3. The first-order chi connectivity index (χ1) is 12.6. The van der Waals surface area contributed by atoms with Gasteiger partial charge < -0.3 is 19.7 Å². The van der Waals surface area contributed by atoms with Gasteiger partial charge in [0.05, 0.1) is 13.0 Å². The normalized spacial score (nSPS) is 21.9. The number of thioether (sulfide) groups is 1. The van der Waals surface area contributed by atoms with Crippen LogP contribution in [0.15, 0.2) is 18.2 Å². The summed E-state index contributed by atoms with van der Waals surface area (Å²) in [4.78, 5) is 40.0. The van der Waals surface area contributed by atoms with Crippen LogP contribution in [-0.2, 0) is 16.1 Å². The number of urea groups is 1. The molecule has 1 N–H and O–H groups in total. The average molecular weight is 377 g/mol. The summed E-state index contributed by atoms with van der Waals surface area (Å²) in [5.41, 5.74) is 0.762. The minimum absolute atomic E-state index is 0.00682. The molecule has 1 aromatic carbocycles. The van der Waals surface area contributed by atoms with Gasteiger partial charge in [-0.2, -0.15) is 11.8 Å². The summed E-state index contributed by atoms with van der Waals surface area (Å²) in [5.74, 6) is 2.61. The molecule has 2 fully saturated rings. The Balaban J connectivity index is 1.39. The molecule has 138 valence electrons. The fraction of sp³-hybridized carbons (Fsp3) is 0.471. The van der Waals surface area contributed by atoms with E-state index < -0.39 is 12.1 Å². The molecule has 0 aromatic heterocycles. The molecule has 0 unspecified atom stereocenters. The molecule has 4 amide bonds. The molecule has 0 spiro atoms. The van der Waals surface area contributed by atoms with Crippen LogP contribution in [0.4, 0.5) is 4.79 Å². The van der Waals surface area contributed by atoms with Gasteiger partial charge in [-0.3, -0.25) is 14.5 Å². The second kappa shape index (κ2) is 7.06. The summed E-state index contributed by atoms with van der Waals surface area (Å²) < 4.78 is 10.6. The van der Waals surface area contributed by atoms with Crippen molar-refractivity contribution in [2.24, 2.45) is 0 Å². The molecular weight excluding hydrogens is 358 g/mol. The van der Waals surface area contributed by atoms with Crippen molar-refractivity contribution >= 4 is 29.6 Å². The van der Waals surface area contributed by atoms with Gasteiger partial charge in [0.2, 0.25) is 12.7 Å². The zero-order valence-corrected chi connectivity index (χ0v) is 14.9. The van der Waals surface area contributed by atoms with Crippen LogP contribution in [0, 0.1) is 0 Å². The fourth-order valence-electron chi connectivity index (χ4n) is 3.20. The third kappa shape index (κ3) is 3.31. The molecule has 0 bridgehead atoms. The van der Waals surface area contributed by atoms with E-state index in [0.717, 1.165) is 22.0 Å². The molecule has 9 heteroatoms. The van der Waals surface area contributed by atoms with Gasteiger partial charge in [-0.25, -0.2) is 4.79 Å². The molecule has 8 nitrogen and oxygen atoms in total. The summed E-state index contributed by atoms with van der Waals surface area (Å²) in [6, 6.07) is 4.04. The number of ether oxygens (including phenoxy) is 2. The number of hydrogen-bond acceptors (Lipinski definition) is 6. The van der Waals surface area contributed by atoms with Gasteiger partial charge >= 0.3 is 6.03 Å². The standard InChI is InChI=1S/C17H19N3O5S/c21-15(19-3-5-26-6-4-19)8-12-16(22)20(17(23)18-12)9-11-1-2-13-14(7-11)25-10-24-13/h1-2,7,12H,3-6,8-10H2,(H,18,23)/t12-/m0/s1. The van der Waals surface area contributed by atoms with E-state index in [1.807, 2.05) is 11.8 Å². The first kappa shape index (κ1) is 17.0. The number of amides is 4. The highest BCUT2D eigenvalue weighted by molar-refractivity contribution is 7.99. The predicted molar refractivity (Wildman–Crippen MR) is 94.0 cm³/mol. The van der Waals surface area contributed by atoms with Crippen molar-refractivity contribution in [3.63, 3.8) is 0 Å². The van der Waals surface area contributed by atoms with Crippen LogP contribution in [-0.4, -0.2) is 65.1 Å². The molecule has 4 rings (SSSR count). The van der Waals surface area contributed by atoms with E-state index in [1.165, 1.54) is 0 Å². The highest BCUT2D eigenvalue weighted by Gasteiger charge is 2.39. The molecule has 0 radical (unpaired) electrons. The van der Waals surface area contributed by atoms with Crippen molar-refractivity contribution in [3.05, 3.63) is 23.8 Å². The zero-order chi connectivity index (χ0) is 18.1. The lowest BCUT2D eigenvalue weighted by Gasteiger charge is -2.27. The SMILES string of the molecule is O=C(C[C@@H]1NC(=O)N(Cc2ccc3c(c2)OCO3)C1=O)N1CCSCC1. The fourth-order valence-corrected chi connectivity index (χ4v) is 4.11. The average Bonchev–Trinajstić information content (AvgIpc) is 3.22. The highest BCUT2D eigenvalue weighted by Crippen LogP contribution is 2.33. The Morgan fingerprint density at radius 2 is 1.96 bits per heavy atom. The van der Waals surface area contributed by atoms with Crippen LogP contribution >= 0.6 is 11.8 Å². The third-order valence-corrected chi connectivity index (χ3v) is 5.57. The lowest BCUT2D eigenvalue weighted by molar-refractivity contribution is -0.135. The summed E-state index contributed by atoms with van der Waals surface area (Å²) in [5, 5.41) is 2.63. The molecular formula is C17H19N3O5S. The largest absolute Gasteiger partial charge is 0.454 e. The molecule has 3 aliphatic rings. The Kier molecular flexibility index (Phi) is 4.62. The second-order valence-electron chi connectivity index (χ2n) is 6.31. The molecule has 0 saturated carbocycles. The molecule has 3 aliphatic heterocycles. The van der Waals surface area contributed by atoms with Gasteiger partial charge in [0, 0.05) is 24.6 Å². The Labute approximate surface area is 154 Å². The minimum atomic E-state index is -0.793. The number of carbonyl (C=O) groups excluding carboxylic acids is 3. The van der Waals surface area contributed by atoms with Crippen LogP contribution in [0.5, 0.6) is 11.5 Å². The summed E-state index contributed by atoms with van der Waals surface area (Å²) >= 11 is 1.81. The van der Waals surface area contributed by atoms with Gasteiger partial charge in [0.1, 0.15) is 6.04 Å². The van der Waals surface area contributed by atoms with Gasteiger partial charge in [-0.1, -0.05) is 6.07 Å². The van der Waals surface area contributed by atoms with E-state index in [1.54, 1.807) is 23.1 Å². The number of nitrogens with one attached hydrogen (secondary N) is 1. The van der Waals surface area contributed by atoms with Gasteiger partial charge in [0.25, 0.3) is 5.91 Å². The lowest BCUT2D eigenvalue weighted by Crippen LogP contribution is -2.42. The van der Waals surface area contributed by atoms with E-state index in [-0.39, 0.29) is 31.6 Å². The number of hydrogen-bond donors (Lipinski definition) is 1. The van der Waals surface area contributed by atoms with E-state index in [9.17, 15) is 14.4 Å². The number of benzene rings is 1. The predicted octanol–water partition coefficient (Wildman–Crippen LogP) is 0.801. The maximum Gasteiger partial charge on any atom is 0.325 e. The Hall–Kier alpha value is -2.42. The quantitative estimate of drug-likeness (QED) is 0.781. The van der Waals surface area contributed by atoms with Gasteiger partial charge in [-0.05, 0) is 17.7 Å². The highest BCUT2D eigenvalue weighted by atomic mass is 32.2. The van der Waals surface area contributed by atoms with Crippen LogP contribution in [0.25, 0.3) is 0 Å². The zero-order valence-electron chi connectivity index (χ0n) is 14.1. The van der Waals surface area contributed by atoms with Crippen molar-refractivity contribution in [2.45, 2.75) is 19.0 Å². The van der Waals surface area contributed by atoms with Gasteiger partial charge in [0.15, 0.2) is 11.5 Å². The maximum absolute atomic E-state index is 12.6. The first-order valence-electron chi connectivity index (χ1n) is 8.48. The first-order valence-corrected chi connectivity index (χ1v) is 9.63. The lowest BCUT2D eigenvalue weighted by atomic mass is 10.1. The number of imide groups is 1. The third-order valence-electron chi connectivity index (χ3n) is 4.63. The van der Waals surface area contributed by atoms with Crippen molar-refractivity contribution in [3.8, 4) is 11.5 Å². The number of rotatable bonds is 4. The summed E-state index contributed by atoms with van der Waals surface area (Å²) in [6.45, 7) is 1.69. The van der Waals surface area contributed by atoms with Crippen molar-refractivity contribution in [2.75, 3.05) is 31.4 Å². The topological polar surface area (TPSA) is 88.2 Å². The summed E-state index contributed by atoms with van der Waals surface area (Å²) in [6.07, 6.45) is 0.00682. The van der Waals surface area contributed by atoms with Crippen LogP contribution in [0.2, 0.25) is 0 Å². The monoisotopic (exact) mass is 377 g/mol. The van der Waals surface area contributed by atoms with E-state index in [4.69, 9.17) is 9.47 Å². The minimum Gasteiger partial charge on any atom is -0.454 e. The summed E-state index contributed by atoms with van der Waals surface area (Å²) in [7, 11) is 0. The molecule has 2 saturated heterocycles. The van der Waals surface area contributed by atoms with Crippen molar-refractivity contribution in [1.82, 2.24) is 15.1 Å². The van der Waals surface area contributed by atoms with Crippen molar-refractivity contribution in [1.29, 1.82) is 0 Å². The Bertz CT molecular complexity index is 750.